The third kappa shape index (κ3) is 4.32. The maximum atomic E-state index is 2.56. The summed E-state index contributed by atoms with van der Waals surface area (Å²) in [5.74, 6) is 0. The van der Waals surface area contributed by atoms with E-state index in [1.54, 1.807) is 0 Å². The Morgan fingerprint density at radius 2 is 0.773 bits per heavy atom. The second-order valence-corrected chi connectivity index (χ2v) is 8.44. The first-order valence-electron chi connectivity index (χ1n) is 9.31. The summed E-state index contributed by atoms with van der Waals surface area (Å²) in [4.78, 5) is 0. The van der Waals surface area contributed by atoms with Crippen molar-refractivity contribution in [1.29, 1.82) is 0 Å². The molecular formula is C18H36Cl2N2. The Morgan fingerprint density at radius 3 is 1.05 bits per heavy atom. The highest BCUT2D eigenvalue weighted by molar-refractivity contribution is 4.76. The van der Waals surface area contributed by atoms with Gasteiger partial charge in [-0.2, -0.15) is 0 Å². The van der Waals surface area contributed by atoms with Crippen molar-refractivity contribution in [2.24, 2.45) is 0 Å². The molecule has 2 saturated heterocycles. The quantitative estimate of drug-likeness (QED) is 0.486. The highest BCUT2D eigenvalue weighted by Crippen LogP contribution is 2.35. The molecule has 0 aromatic rings. The van der Waals surface area contributed by atoms with Gasteiger partial charge in [0.2, 0.25) is 0 Å². The molecule has 4 heteroatoms. The van der Waals surface area contributed by atoms with E-state index in [1.807, 2.05) is 0 Å². The molecule has 0 spiro atoms. The number of hydrogen-bond acceptors (Lipinski definition) is 0. The molecule has 2 nitrogen and oxygen atoms in total. The van der Waals surface area contributed by atoms with Gasteiger partial charge in [-0.25, -0.2) is 0 Å². The number of halogens is 2. The van der Waals surface area contributed by atoms with Gasteiger partial charge in [-0.3, -0.25) is 0 Å². The molecule has 0 N–H and O–H groups in total. The van der Waals surface area contributed by atoms with Crippen LogP contribution in [-0.2, 0) is 0 Å². The van der Waals surface area contributed by atoms with Gasteiger partial charge in [0.25, 0.3) is 0 Å². The lowest BCUT2D eigenvalue weighted by Crippen LogP contribution is -3.00. The van der Waals surface area contributed by atoms with Crippen LogP contribution in [0.4, 0.5) is 0 Å². The Kier molecular flexibility index (Phi) is 7.99. The molecule has 0 radical (unpaired) electrons. The van der Waals surface area contributed by atoms with Crippen LogP contribution in [0.3, 0.4) is 0 Å². The lowest BCUT2D eigenvalue weighted by molar-refractivity contribution is -0.952. The molecular weight excluding hydrogens is 315 g/mol. The minimum Gasteiger partial charge on any atom is -1.00 e. The molecule has 0 bridgehead atoms. The lowest BCUT2D eigenvalue weighted by atomic mass is 9.85. The molecule has 2 heterocycles. The second kappa shape index (κ2) is 8.55. The van der Waals surface area contributed by atoms with Crippen molar-refractivity contribution in [1.82, 2.24) is 0 Å². The van der Waals surface area contributed by atoms with Crippen LogP contribution >= 0.6 is 0 Å². The van der Waals surface area contributed by atoms with Crippen molar-refractivity contribution >= 4 is 0 Å². The Morgan fingerprint density at radius 1 is 0.500 bits per heavy atom. The van der Waals surface area contributed by atoms with E-state index < -0.39 is 0 Å². The van der Waals surface area contributed by atoms with Crippen molar-refractivity contribution in [2.75, 3.05) is 40.3 Å². The summed E-state index contributed by atoms with van der Waals surface area (Å²) in [7, 11) is 5.11. The third-order valence-electron chi connectivity index (χ3n) is 7.11. The smallest absolute Gasteiger partial charge is 0.0892 e. The third-order valence-corrected chi connectivity index (χ3v) is 7.11. The summed E-state index contributed by atoms with van der Waals surface area (Å²) < 4.78 is 2.83. The van der Waals surface area contributed by atoms with Crippen LogP contribution in [0.2, 0.25) is 0 Å². The molecule has 3 rings (SSSR count). The minimum absolute atomic E-state index is 0. The van der Waals surface area contributed by atoms with Crippen LogP contribution in [-0.4, -0.2) is 61.3 Å². The van der Waals surface area contributed by atoms with E-state index in [9.17, 15) is 0 Å². The zero-order valence-corrected chi connectivity index (χ0v) is 16.2. The molecule has 1 aliphatic carbocycles. The molecule has 0 aromatic carbocycles. The summed E-state index contributed by atoms with van der Waals surface area (Å²) in [6.07, 6.45) is 14.9. The Bertz CT molecular complexity index is 283. The fraction of sp³-hybridized carbons (Fsp3) is 1.00. The van der Waals surface area contributed by atoms with Crippen molar-refractivity contribution in [3.63, 3.8) is 0 Å². The molecule has 2 aliphatic heterocycles. The van der Waals surface area contributed by atoms with Gasteiger partial charge < -0.3 is 33.8 Å². The van der Waals surface area contributed by atoms with Crippen LogP contribution in [0.1, 0.15) is 64.2 Å². The Balaban J connectivity index is 0.00000121. The lowest BCUT2D eigenvalue weighted by Gasteiger charge is -2.50. The fourth-order valence-electron chi connectivity index (χ4n) is 5.50. The molecule has 1 saturated carbocycles. The number of hydrogen-bond donors (Lipinski definition) is 0. The first-order chi connectivity index (χ1) is 9.62. The largest absolute Gasteiger partial charge is 1.00 e. The van der Waals surface area contributed by atoms with Crippen LogP contribution < -0.4 is 24.8 Å². The highest BCUT2D eigenvalue weighted by atomic mass is 35.5. The summed E-state index contributed by atoms with van der Waals surface area (Å²) in [6, 6.07) is 1.98. The SMILES string of the molecule is C[N+]1(C2CCC([N+]3(C)CCCCC3)CC2)CCCCC1.[Cl-].[Cl-]. The molecule has 132 valence electrons. The maximum absolute atomic E-state index is 2.56. The molecule has 3 aliphatic rings. The Labute approximate surface area is 150 Å². The number of nitrogens with zero attached hydrogens (tertiary/aromatic N) is 2. The minimum atomic E-state index is 0. The first-order valence-corrected chi connectivity index (χ1v) is 9.31. The van der Waals surface area contributed by atoms with Gasteiger partial charge in [-0.15, -0.1) is 0 Å². The van der Waals surface area contributed by atoms with Crippen molar-refractivity contribution in [3.8, 4) is 0 Å². The fourth-order valence-corrected chi connectivity index (χ4v) is 5.50. The van der Waals surface area contributed by atoms with Crippen LogP contribution in [0.25, 0.3) is 0 Å². The van der Waals surface area contributed by atoms with Crippen LogP contribution in [0.5, 0.6) is 0 Å². The van der Waals surface area contributed by atoms with Gasteiger partial charge in [0.1, 0.15) is 0 Å². The standard InChI is InChI=1S/C18H36N2.2ClH/c1-19(13-5-3-6-14-19)17-9-11-18(12-10-17)20(2)15-7-4-8-16-20;;/h17-18H,3-16H2,1-2H3;2*1H/q+2;;/p-2. The molecule has 0 unspecified atom stereocenters. The van der Waals surface area contributed by atoms with Gasteiger partial charge >= 0.3 is 0 Å². The average molecular weight is 351 g/mol. The number of likely N-dealkylation sites (tertiary alicyclic amines) is 2. The molecule has 0 amide bonds. The van der Waals surface area contributed by atoms with Crippen LogP contribution in [0, 0.1) is 0 Å². The first kappa shape index (κ1) is 20.5. The van der Waals surface area contributed by atoms with Crippen molar-refractivity contribution in [3.05, 3.63) is 0 Å². The maximum Gasteiger partial charge on any atom is 0.0892 e. The topological polar surface area (TPSA) is 0 Å². The van der Waals surface area contributed by atoms with E-state index in [0.717, 1.165) is 12.1 Å². The molecule has 3 fully saturated rings. The van der Waals surface area contributed by atoms with E-state index >= 15 is 0 Å². The summed E-state index contributed by atoms with van der Waals surface area (Å²) in [5, 5.41) is 0. The van der Waals surface area contributed by atoms with Gasteiger partial charge in [-0.05, 0) is 38.5 Å². The molecule has 0 aromatic heterocycles. The number of quaternary nitrogens is 2. The van der Waals surface area contributed by atoms with E-state index in [-0.39, 0.29) is 24.8 Å². The van der Waals surface area contributed by atoms with E-state index in [4.69, 9.17) is 0 Å². The number of rotatable bonds is 2. The van der Waals surface area contributed by atoms with Gasteiger partial charge in [-0.1, -0.05) is 0 Å². The molecule has 22 heavy (non-hydrogen) atoms. The summed E-state index contributed by atoms with van der Waals surface area (Å²) in [6.45, 7) is 5.84. The summed E-state index contributed by atoms with van der Waals surface area (Å²) >= 11 is 0. The summed E-state index contributed by atoms with van der Waals surface area (Å²) in [5.41, 5.74) is 0. The zero-order valence-electron chi connectivity index (χ0n) is 14.7. The monoisotopic (exact) mass is 350 g/mol. The van der Waals surface area contributed by atoms with Gasteiger partial charge in [0, 0.05) is 25.7 Å². The Hall–Kier alpha value is 0.500. The number of piperidine rings is 2. The second-order valence-electron chi connectivity index (χ2n) is 8.44. The normalized spacial score (nSPS) is 34.1. The predicted octanol–water partition coefficient (Wildman–Crippen LogP) is -2.43. The van der Waals surface area contributed by atoms with Crippen LogP contribution in [0.15, 0.2) is 0 Å². The van der Waals surface area contributed by atoms with E-state index in [0.29, 0.717) is 0 Å². The zero-order chi connectivity index (χ0) is 14.1. The predicted molar refractivity (Wildman–Crippen MR) is 85.6 cm³/mol. The van der Waals surface area contributed by atoms with Crippen molar-refractivity contribution < 1.29 is 33.8 Å². The molecule has 0 atom stereocenters. The van der Waals surface area contributed by atoms with Gasteiger partial charge in [0.15, 0.2) is 0 Å². The van der Waals surface area contributed by atoms with E-state index in [2.05, 4.69) is 14.1 Å². The van der Waals surface area contributed by atoms with Crippen molar-refractivity contribution in [2.45, 2.75) is 76.3 Å². The highest BCUT2D eigenvalue weighted by Gasteiger charge is 2.42. The average Bonchev–Trinajstić information content (AvgIpc) is 2.49. The van der Waals surface area contributed by atoms with Gasteiger partial charge in [0.05, 0.1) is 52.4 Å². The van der Waals surface area contributed by atoms with E-state index in [1.165, 1.54) is 99.4 Å².